The number of hydrogen-bond acceptors (Lipinski definition) is 1. The van der Waals surface area contributed by atoms with Crippen molar-refractivity contribution in [3.63, 3.8) is 0 Å². The average Bonchev–Trinajstić information content (AvgIpc) is 2.59. The molecule has 2 unspecified atom stereocenters. The molecule has 1 aliphatic rings. The molecule has 0 spiro atoms. The third-order valence-corrected chi connectivity index (χ3v) is 3.41. The van der Waals surface area contributed by atoms with Gasteiger partial charge in [0.05, 0.1) is 0 Å². The van der Waals surface area contributed by atoms with Gasteiger partial charge in [-0.1, -0.05) is 31.9 Å². The van der Waals surface area contributed by atoms with Crippen LogP contribution in [0.5, 0.6) is 0 Å². The lowest BCUT2D eigenvalue weighted by molar-refractivity contribution is 0.478. The standard InChI is InChI=1S/C12H16ClN/c1-3-8(2)12-7-9-6-10(13)4-5-11(9)14-12/h4-6,8,12,14H,3,7H2,1-2H3. The molecule has 0 saturated carbocycles. The Morgan fingerprint density at radius 1 is 1.57 bits per heavy atom. The smallest absolute Gasteiger partial charge is 0.0410 e. The van der Waals surface area contributed by atoms with Crippen molar-refractivity contribution in [3.8, 4) is 0 Å². The highest BCUT2D eigenvalue weighted by Crippen LogP contribution is 2.31. The zero-order valence-corrected chi connectivity index (χ0v) is 9.43. The molecule has 76 valence electrons. The first-order valence-corrected chi connectivity index (χ1v) is 5.63. The van der Waals surface area contributed by atoms with E-state index < -0.39 is 0 Å². The summed E-state index contributed by atoms with van der Waals surface area (Å²) in [6.45, 7) is 4.54. The molecule has 2 heteroatoms. The largest absolute Gasteiger partial charge is 0.381 e. The van der Waals surface area contributed by atoms with Crippen molar-refractivity contribution in [1.29, 1.82) is 0 Å². The van der Waals surface area contributed by atoms with E-state index in [-0.39, 0.29) is 0 Å². The van der Waals surface area contributed by atoms with Gasteiger partial charge in [0, 0.05) is 16.8 Å². The summed E-state index contributed by atoms with van der Waals surface area (Å²) >= 11 is 5.96. The van der Waals surface area contributed by atoms with Gasteiger partial charge in [-0.15, -0.1) is 0 Å². The van der Waals surface area contributed by atoms with Crippen LogP contribution in [0.15, 0.2) is 18.2 Å². The maximum atomic E-state index is 5.96. The molecule has 1 N–H and O–H groups in total. The summed E-state index contributed by atoms with van der Waals surface area (Å²) in [6.07, 6.45) is 2.34. The first kappa shape index (κ1) is 9.85. The van der Waals surface area contributed by atoms with Gasteiger partial charge in [0.1, 0.15) is 0 Å². The Morgan fingerprint density at radius 2 is 2.36 bits per heavy atom. The number of hydrogen-bond donors (Lipinski definition) is 1. The lowest BCUT2D eigenvalue weighted by Gasteiger charge is -2.17. The average molecular weight is 210 g/mol. The molecule has 1 aliphatic heterocycles. The van der Waals surface area contributed by atoms with E-state index in [4.69, 9.17) is 11.6 Å². The van der Waals surface area contributed by atoms with Gasteiger partial charge in [-0.25, -0.2) is 0 Å². The summed E-state index contributed by atoms with van der Waals surface area (Å²) in [5.41, 5.74) is 2.63. The SMILES string of the molecule is CCC(C)C1Cc2cc(Cl)ccc2N1. The summed E-state index contributed by atoms with van der Waals surface area (Å²) in [5.74, 6) is 0.723. The molecule has 0 aromatic heterocycles. The minimum Gasteiger partial charge on any atom is -0.381 e. The van der Waals surface area contributed by atoms with Crippen molar-refractivity contribution >= 4 is 17.3 Å². The minimum atomic E-state index is 0.591. The van der Waals surface area contributed by atoms with Crippen LogP contribution in [0.4, 0.5) is 5.69 Å². The fraction of sp³-hybridized carbons (Fsp3) is 0.500. The quantitative estimate of drug-likeness (QED) is 0.783. The van der Waals surface area contributed by atoms with Gasteiger partial charge in [-0.3, -0.25) is 0 Å². The highest BCUT2D eigenvalue weighted by atomic mass is 35.5. The maximum absolute atomic E-state index is 5.96. The van der Waals surface area contributed by atoms with Gasteiger partial charge in [-0.05, 0) is 36.1 Å². The van der Waals surface area contributed by atoms with Gasteiger partial charge < -0.3 is 5.32 Å². The Labute approximate surface area is 90.5 Å². The third-order valence-electron chi connectivity index (χ3n) is 3.18. The number of anilines is 1. The first-order chi connectivity index (χ1) is 6.70. The third kappa shape index (κ3) is 1.74. The van der Waals surface area contributed by atoms with Crippen LogP contribution in [0.2, 0.25) is 5.02 Å². The predicted molar refractivity (Wildman–Crippen MR) is 62.0 cm³/mol. The second-order valence-corrected chi connectivity index (χ2v) is 4.58. The molecular weight excluding hydrogens is 194 g/mol. The van der Waals surface area contributed by atoms with Gasteiger partial charge in [-0.2, -0.15) is 0 Å². The van der Waals surface area contributed by atoms with Gasteiger partial charge in [0.15, 0.2) is 0 Å². The molecular formula is C12H16ClN. The molecule has 1 aromatic rings. The zero-order valence-electron chi connectivity index (χ0n) is 8.68. The van der Waals surface area contributed by atoms with E-state index >= 15 is 0 Å². The van der Waals surface area contributed by atoms with Crippen LogP contribution in [-0.4, -0.2) is 6.04 Å². The van der Waals surface area contributed by atoms with E-state index in [9.17, 15) is 0 Å². The fourth-order valence-corrected chi connectivity index (χ4v) is 2.18. The number of benzene rings is 1. The normalized spacial score (nSPS) is 21.5. The monoisotopic (exact) mass is 209 g/mol. The molecule has 1 nitrogen and oxygen atoms in total. The molecule has 1 heterocycles. The van der Waals surface area contributed by atoms with E-state index in [1.807, 2.05) is 6.07 Å². The summed E-state index contributed by atoms with van der Waals surface area (Å²) in [5, 5.41) is 4.40. The van der Waals surface area contributed by atoms with Crippen molar-refractivity contribution < 1.29 is 0 Å². The minimum absolute atomic E-state index is 0.591. The lowest BCUT2D eigenvalue weighted by Crippen LogP contribution is -2.23. The van der Waals surface area contributed by atoms with Crippen molar-refractivity contribution in [2.75, 3.05) is 5.32 Å². The molecule has 0 fully saturated rings. The molecule has 2 rings (SSSR count). The van der Waals surface area contributed by atoms with Crippen LogP contribution in [0.1, 0.15) is 25.8 Å². The van der Waals surface area contributed by atoms with Crippen LogP contribution in [0.25, 0.3) is 0 Å². The summed E-state index contributed by atoms with van der Waals surface area (Å²) in [4.78, 5) is 0. The molecule has 0 aliphatic carbocycles. The second-order valence-electron chi connectivity index (χ2n) is 4.14. The number of nitrogens with one attached hydrogen (secondary N) is 1. The highest BCUT2D eigenvalue weighted by molar-refractivity contribution is 6.30. The van der Waals surface area contributed by atoms with Gasteiger partial charge in [0.25, 0.3) is 0 Å². The predicted octanol–water partition coefficient (Wildman–Crippen LogP) is 3.72. The number of fused-ring (bicyclic) bond motifs is 1. The maximum Gasteiger partial charge on any atom is 0.0410 e. The summed E-state index contributed by atoms with van der Waals surface area (Å²) < 4.78 is 0. The van der Waals surface area contributed by atoms with Crippen LogP contribution >= 0.6 is 11.6 Å². The Kier molecular flexibility index (Phi) is 2.69. The van der Waals surface area contributed by atoms with Crippen LogP contribution in [0.3, 0.4) is 0 Å². The summed E-state index contributed by atoms with van der Waals surface area (Å²) in [7, 11) is 0. The van der Waals surface area contributed by atoms with Gasteiger partial charge >= 0.3 is 0 Å². The zero-order chi connectivity index (χ0) is 10.1. The van der Waals surface area contributed by atoms with E-state index in [1.54, 1.807) is 0 Å². The number of rotatable bonds is 2. The van der Waals surface area contributed by atoms with E-state index in [2.05, 4.69) is 31.3 Å². The van der Waals surface area contributed by atoms with Crippen molar-refractivity contribution in [2.45, 2.75) is 32.7 Å². The molecule has 14 heavy (non-hydrogen) atoms. The molecule has 0 saturated heterocycles. The van der Waals surface area contributed by atoms with E-state index in [0.29, 0.717) is 6.04 Å². The summed E-state index contributed by atoms with van der Waals surface area (Å²) in [6, 6.07) is 6.70. The highest BCUT2D eigenvalue weighted by Gasteiger charge is 2.24. The van der Waals surface area contributed by atoms with Crippen molar-refractivity contribution in [1.82, 2.24) is 0 Å². The molecule has 0 bridgehead atoms. The van der Waals surface area contributed by atoms with Crippen LogP contribution in [0, 0.1) is 5.92 Å². The Balaban J connectivity index is 2.17. The van der Waals surface area contributed by atoms with Crippen LogP contribution in [-0.2, 0) is 6.42 Å². The molecule has 2 atom stereocenters. The molecule has 0 amide bonds. The topological polar surface area (TPSA) is 12.0 Å². The Hall–Kier alpha value is -0.690. The molecule has 1 aromatic carbocycles. The Morgan fingerprint density at radius 3 is 3.07 bits per heavy atom. The van der Waals surface area contributed by atoms with E-state index in [0.717, 1.165) is 17.4 Å². The fourth-order valence-electron chi connectivity index (χ4n) is 1.99. The van der Waals surface area contributed by atoms with Crippen molar-refractivity contribution in [3.05, 3.63) is 28.8 Å². The first-order valence-electron chi connectivity index (χ1n) is 5.25. The van der Waals surface area contributed by atoms with Crippen molar-refractivity contribution in [2.24, 2.45) is 5.92 Å². The van der Waals surface area contributed by atoms with E-state index in [1.165, 1.54) is 17.7 Å². The number of halogens is 1. The Bertz CT molecular complexity index is 335. The van der Waals surface area contributed by atoms with Gasteiger partial charge in [0.2, 0.25) is 0 Å². The molecule has 0 radical (unpaired) electrons. The lowest BCUT2D eigenvalue weighted by atomic mass is 9.96. The second kappa shape index (κ2) is 3.82. The van der Waals surface area contributed by atoms with Crippen LogP contribution < -0.4 is 5.32 Å².